The number of nitrogens with zero attached hydrogens (tertiary/aromatic N) is 1. The lowest BCUT2D eigenvalue weighted by atomic mass is 10.0. The Bertz CT molecular complexity index is 865. The molecule has 0 spiro atoms. The molecule has 0 unspecified atom stereocenters. The Hall–Kier alpha value is -2.46. The highest BCUT2D eigenvalue weighted by Gasteiger charge is 2.05. The van der Waals surface area contributed by atoms with Crippen LogP contribution < -0.4 is 5.56 Å². The summed E-state index contributed by atoms with van der Waals surface area (Å²) in [7, 11) is 0. The predicted molar refractivity (Wildman–Crippen MR) is 86.5 cm³/mol. The van der Waals surface area contributed by atoms with Crippen LogP contribution in [0, 0.1) is 4.77 Å². The van der Waals surface area contributed by atoms with E-state index in [0.29, 0.717) is 4.77 Å². The lowest BCUT2D eigenvalue weighted by molar-refractivity contribution is 0.921. The molecule has 0 atom stereocenters. The smallest absolute Gasteiger partial charge is 0.251 e. The molecule has 3 aromatic rings. The second-order valence-electron chi connectivity index (χ2n) is 4.77. The maximum absolute atomic E-state index is 11.3. The zero-order chi connectivity index (χ0) is 14.7. The minimum atomic E-state index is -0.184. The van der Waals surface area contributed by atoms with Crippen LogP contribution in [0.25, 0.3) is 5.69 Å². The van der Waals surface area contributed by atoms with E-state index in [4.69, 9.17) is 12.2 Å². The summed E-state index contributed by atoms with van der Waals surface area (Å²) in [6.07, 6.45) is 2.53. The van der Waals surface area contributed by atoms with Crippen molar-refractivity contribution in [3.8, 4) is 5.69 Å². The Morgan fingerprint density at radius 2 is 1.67 bits per heavy atom. The van der Waals surface area contributed by atoms with E-state index < -0.39 is 0 Å². The first kappa shape index (κ1) is 13.5. The van der Waals surface area contributed by atoms with Crippen molar-refractivity contribution in [1.82, 2.24) is 9.55 Å². The highest BCUT2D eigenvalue weighted by Crippen LogP contribution is 2.18. The van der Waals surface area contributed by atoms with E-state index in [9.17, 15) is 4.79 Å². The molecule has 104 valence electrons. The lowest BCUT2D eigenvalue weighted by Gasteiger charge is -2.12. The molecule has 0 aliphatic rings. The topological polar surface area (TPSA) is 37.8 Å². The van der Waals surface area contributed by atoms with Gasteiger partial charge in [0.25, 0.3) is 5.56 Å². The number of para-hydroxylation sites is 1. The van der Waals surface area contributed by atoms with E-state index >= 15 is 0 Å². The largest absolute Gasteiger partial charge is 0.299 e. The third kappa shape index (κ3) is 3.01. The molecular formula is C17H14N2OS. The van der Waals surface area contributed by atoms with E-state index in [-0.39, 0.29) is 5.56 Å². The molecule has 21 heavy (non-hydrogen) atoms. The van der Waals surface area contributed by atoms with Gasteiger partial charge >= 0.3 is 0 Å². The molecule has 4 heteroatoms. The van der Waals surface area contributed by atoms with E-state index in [0.717, 1.165) is 17.7 Å². The molecule has 0 aliphatic heterocycles. The van der Waals surface area contributed by atoms with E-state index in [1.165, 1.54) is 11.6 Å². The average molecular weight is 294 g/mol. The Kier molecular flexibility index (Phi) is 3.79. The molecule has 1 N–H and O–H groups in total. The minimum Gasteiger partial charge on any atom is -0.299 e. The van der Waals surface area contributed by atoms with Crippen LogP contribution >= 0.6 is 12.2 Å². The van der Waals surface area contributed by atoms with Gasteiger partial charge in [0.15, 0.2) is 4.77 Å². The van der Waals surface area contributed by atoms with E-state index in [1.54, 1.807) is 6.20 Å². The second-order valence-corrected chi connectivity index (χ2v) is 5.16. The Labute approximate surface area is 127 Å². The molecule has 0 aliphatic carbocycles. The Morgan fingerprint density at radius 3 is 2.43 bits per heavy atom. The van der Waals surface area contributed by atoms with Crippen LogP contribution in [0.2, 0.25) is 0 Å². The molecule has 0 saturated carbocycles. The van der Waals surface area contributed by atoms with Crippen molar-refractivity contribution in [2.24, 2.45) is 0 Å². The van der Waals surface area contributed by atoms with Crippen molar-refractivity contribution in [2.75, 3.05) is 0 Å². The quantitative estimate of drug-likeness (QED) is 0.751. The van der Waals surface area contributed by atoms with Crippen LogP contribution in [0.15, 0.2) is 71.7 Å². The minimum absolute atomic E-state index is 0.184. The maximum Gasteiger partial charge on any atom is 0.251 e. The molecule has 0 fully saturated rings. The van der Waals surface area contributed by atoms with Crippen LogP contribution in [0.4, 0.5) is 0 Å². The van der Waals surface area contributed by atoms with Gasteiger partial charge in [-0.1, -0.05) is 48.5 Å². The van der Waals surface area contributed by atoms with Gasteiger partial charge in [-0.25, -0.2) is 0 Å². The molecule has 3 nitrogen and oxygen atoms in total. The van der Waals surface area contributed by atoms with Gasteiger partial charge < -0.3 is 0 Å². The molecule has 2 aromatic carbocycles. The molecular weight excluding hydrogens is 280 g/mol. The monoisotopic (exact) mass is 294 g/mol. The number of aromatic amines is 1. The summed E-state index contributed by atoms with van der Waals surface area (Å²) in [4.78, 5) is 14.0. The lowest BCUT2D eigenvalue weighted by Crippen LogP contribution is -2.11. The molecule has 3 rings (SSSR count). The summed E-state index contributed by atoms with van der Waals surface area (Å²) in [5, 5.41) is 0. The van der Waals surface area contributed by atoms with Gasteiger partial charge in [0.2, 0.25) is 0 Å². The fourth-order valence-electron chi connectivity index (χ4n) is 2.32. The van der Waals surface area contributed by atoms with E-state index in [2.05, 4.69) is 23.2 Å². The standard InChI is InChI=1S/C17H14N2OS/c20-16-10-11-19(17(21)18-16)15-9-5-4-8-14(15)12-13-6-2-1-3-7-13/h1-11H,12H2,(H,18,20,21). The zero-order valence-corrected chi connectivity index (χ0v) is 12.1. The molecule has 0 bridgehead atoms. The third-order valence-corrected chi connectivity index (χ3v) is 3.61. The third-order valence-electron chi connectivity index (χ3n) is 3.31. The number of nitrogens with one attached hydrogen (secondary N) is 1. The summed E-state index contributed by atoms with van der Waals surface area (Å²) in [6.45, 7) is 0. The first-order chi connectivity index (χ1) is 10.2. The Balaban J connectivity index is 2.08. The molecule has 0 amide bonds. The van der Waals surface area contributed by atoms with Crippen LogP contribution in [0.1, 0.15) is 11.1 Å². The predicted octanol–water partition coefficient (Wildman–Crippen LogP) is 3.49. The van der Waals surface area contributed by atoms with Gasteiger partial charge in [-0.2, -0.15) is 0 Å². The number of rotatable bonds is 3. The molecule has 0 saturated heterocycles. The SMILES string of the molecule is O=c1ccn(-c2ccccc2Cc2ccccc2)c(=S)[nH]1. The van der Waals surface area contributed by atoms with Crippen LogP contribution in [0.3, 0.4) is 0 Å². The number of benzene rings is 2. The van der Waals surface area contributed by atoms with E-state index in [1.807, 2.05) is 41.0 Å². The average Bonchev–Trinajstić information content (AvgIpc) is 2.49. The molecule has 0 radical (unpaired) electrons. The number of hydrogen-bond acceptors (Lipinski definition) is 2. The summed E-state index contributed by atoms with van der Waals surface area (Å²) in [5.41, 5.74) is 3.20. The second kappa shape index (κ2) is 5.89. The van der Waals surface area contributed by atoms with Gasteiger partial charge in [0, 0.05) is 12.3 Å². The van der Waals surface area contributed by atoms with Crippen molar-refractivity contribution >= 4 is 12.2 Å². The fourth-order valence-corrected chi connectivity index (χ4v) is 2.58. The summed E-state index contributed by atoms with van der Waals surface area (Å²) in [6, 6.07) is 19.8. The van der Waals surface area contributed by atoms with Gasteiger partial charge in [-0.3, -0.25) is 14.3 Å². The molecule has 1 heterocycles. The van der Waals surface area contributed by atoms with Crippen LogP contribution in [0.5, 0.6) is 0 Å². The fraction of sp³-hybridized carbons (Fsp3) is 0.0588. The Morgan fingerprint density at radius 1 is 0.952 bits per heavy atom. The van der Waals surface area contributed by atoms with Gasteiger partial charge in [0.05, 0.1) is 5.69 Å². The van der Waals surface area contributed by atoms with Gasteiger partial charge in [-0.05, 0) is 35.8 Å². The van der Waals surface area contributed by atoms with Crippen molar-refractivity contribution in [1.29, 1.82) is 0 Å². The van der Waals surface area contributed by atoms with Crippen molar-refractivity contribution < 1.29 is 0 Å². The highest BCUT2D eigenvalue weighted by atomic mass is 32.1. The van der Waals surface area contributed by atoms with Crippen molar-refractivity contribution in [3.63, 3.8) is 0 Å². The van der Waals surface area contributed by atoms with Gasteiger partial charge in [-0.15, -0.1) is 0 Å². The first-order valence-electron chi connectivity index (χ1n) is 6.68. The summed E-state index contributed by atoms with van der Waals surface area (Å²) >= 11 is 5.25. The number of H-pyrrole nitrogens is 1. The summed E-state index contributed by atoms with van der Waals surface area (Å²) < 4.78 is 2.23. The highest BCUT2D eigenvalue weighted by molar-refractivity contribution is 7.71. The van der Waals surface area contributed by atoms with Crippen LogP contribution in [-0.2, 0) is 6.42 Å². The summed E-state index contributed by atoms with van der Waals surface area (Å²) in [5.74, 6) is 0. The maximum atomic E-state index is 11.3. The van der Waals surface area contributed by atoms with Crippen molar-refractivity contribution in [3.05, 3.63) is 93.1 Å². The van der Waals surface area contributed by atoms with Crippen LogP contribution in [-0.4, -0.2) is 9.55 Å². The van der Waals surface area contributed by atoms with Gasteiger partial charge in [0.1, 0.15) is 0 Å². The number of aromatic nitrogens is 2. The molecule has 1 aromatic heterocycles. The number of hydrogen-bond donors (Lipinski definition) is 1. The van der Waals surface area contributed by atoms with Crippen molar-refractivity contribution in [2.45, 2.75) is 6.42 Å². The normalized spacial score (nSPS) is 10.5. The first-order valence-corrected chi connectivity index (χ1v) is 7.09. The zero-order valence-electron chi connectivity index (χ0n) is 11.3.